The highest BCUT2D eigenvalue weighted by Crippen LogP contribution is 2.33. The number of ether oxygens (including phenoxy) is 1. The van der Waals surface area contributed by atoms with Crippen LogP contribution in [0.5, 0.6) is 11.5 Å². The van der Waals surface area contributed by atoms with Crippen LogP contribution < -0.4 is 4.74 Å². The van der Waals surface area contributed by atoms with Crippen molar-refractivity contribution in [3.05, 3.63) is 35.4 Å². The van der Waals surface area contributed by atoms with Gasteiger partial charge >= 0.3 is 0 Å². The minimum absolute atomic E-state index is 0.330. The highest BCUT2D eigenvalue weighted by molar-refractivity contribution is 5.92. The van der Waals surface area contributed by atoms with Crippen LogP contribution in [0, 0.1) is 6.92 Å². The lowest BCUT2D eigenvalue weighted by molar-refractivity contribution is 0.340. The van der Waals surface area contributed by atoms with Crippen molar-refractivity contribution in [2.45, 2.75) is 27.2 Å². The van der Waals surface area contributed by atoms with Crippen molar-refractivity contribution < 1.29 is 9.84 Å². The Labute approximate surface area is 102 Å². The fourth-order valence-electron chi connectivity index (χ4n) is 2.17. The zero-order valence-corrected chi connectivity index (χ0v) is 10.6. The van der Waals surface area contributed by atoms with Gasteiger partial charge in [-0.1, -0.05) is 13.0 Å². The van der Waals surface area contributed by atoms with E-state index in [1.165, 1.54) is 5.56 Å². The van der Waals surface area contributed by atoms with Crippen LogP contribution >= 0.6 is 0 Å². The molecule has 0 unspecified atom stereocenters. The highest BCUT2D eigenvalue weighted by Gasteiger charge is 2.08. The Morgan fingerprint density at radius 3 is 2.47 bits per heavy atom. The van der Waals surface area contributed by atoms with Gasteiger partial charge in [0.1, 0.15) is 11.5 Å². The zero-order valence-electron chi connectivity index (χ0n) is 10.6. The van der Waals surface area contributed by atoms with Crippen LogP contribution in [0.3, 0.4) is 0 Å². The molecule has 17 heavy (non-hydrogen) atoms. The third kappa shape index (κ3) is 2.21. The van der Waals surface area contributed by atoms with Crippen molar-refractivity contribution in [1.29, 1.82) is 0 Å². The van der Waals surface area contributed by atoms with Crippen LogP contribution in [0.2, 0.25) is 0 Å². The van der Waals surface area contributed by atoms with E-state index in [9.17, 15) is 5.11 Å². The molecule has 0 aliphatic carbocycles. The first-order valence-electron chi connectivity index (χ1n) is 6.04. The number of fused-ring (bicyclic) bond motifs is 1. The summed E-state index contributed by atoms with van der Waals surface area (Å²) in [5.41, 5.74) is 2.29. The van der Waals surface area contributed by atoms with Gasteiger partial charge in [-0.05, 0) is 55.0 Å². The van der Waals surface area contributed by atoms with Crippen molar-refractivity contribution in [1.82, 2.24) is 0 Å². The van der Waals surface area contributed by atoms with Gasteiger partial charge in [0.05, 0.1) is 6.61 Å². The SMILES string of the molecule is CCOc1cc(CC)c2cc(C)cc(O)c2c1. The number of rotatable bonds is 3. The van der Waals surface area contributed by atoms with E-state index < -0.39 is 0 Å². The molecule has 2 rings (SSSR count). The molecule has 0 heterocycles. The van der Waals surface area contributed by atoms with E-state index in [-0.39, 0.29) is 0 Å². The summed E-state index contributed by atoms with van der Waals surface area (Å²) < 4.78 is 5.53. The molecule has 2 aromatic carbocycles. The van der Waals surface area contributed by atoms with Crippen molar-refractivity contribution in [2.75, 3.05) is 6.61 Å². The molecule has 2 aromatic rings. The Balaban J connectivity index is 2.73. The molecule has 0 fully saturated rings. The summed E-state index contributed by atoms with van der Waals surface area (Å²) in [4.78, 5) is 0. The molecule has 2 heteroatoms. The molecular formula is C15H18O2. The molecule has 0 aromatic heterocycles. The molecule has 0 atom stereocenters. The number of phenolic OH excluding ortho intramolecular Hbond substituents is 1. The van der Waals surface area contributed by atoms with Crippen LogP contribution in [0.15, 0.2) is 24.3 Å². The van der Waals surface area contributed by atoms with Gasteiger partial charge in [0.25, 0.3) is 0 Å². The van der Waals surface area contributed by atoms with Gasteiger partial charge in [0.2, 0.25) is 0 Å². The van der Waals surface area contributed by atoms with Gasteiger partial charge in [-0.25, -0.2) is 0 Å². The maximum atomic E-state index is 10.0. The van der Waals surface area contributed by atoms with E-state index in [2.05, 4.69) is 19.1 Å². The first kappa shape index (κ1) is 11.8. The molecule has 0 saturated heterocycles. The molecule has 0 aliphatic heterocycles. The lowest BCUT2D eigenvalue weighted by Crippen LogP contribution is -1.94. The number of benzene rings is 2. The normalized spacial score (nSPS) is 10.8. The van der Waals surface area contributed by atoms with E-state index in [1.54, 1.807) is 6.07 Å². The van der Waals surface area contributed by atoms with Gasteiger partial charge < -0.3 is 9.84 Å². The second-order valence-corrected chi connectivity index (χ2v) is 4.25. The maximum absolute atomic E-state index is 10.0. The van der Waals surface area contributed by atoms with Crippen molar-refractivity contribution in [3.63, 3.8) is 0 Å². The third-order valence-electron chi connectivity index (χ3n) is 2.94. The zero-order chi connectivity index (χ0) is 12.4. The van der Waals surface area contributed by atoms with E-state index in [0.717, 1.165) is 28.5 Å². The van der Waals surface area contributed by atoms with E-state index in [4.69, 9.17) is 4.74 Å². The largest absolute Gasteiger partial charge is 0.507 e. The predicted octanol–water partition coefficient (Wildman–Crippen LogP) is 3.81. The Morgan fingerprint density at radius 1 is 1.06 bits per heavy atom. The van der Waals surface area contributed by atoms with Crippen LogP contribution in [0.1, 0.15) is 25.0 Å². The number of phenols is 1. The molecule has 0 spiro atoms. The van der Waals surface area contributed by atoms with Crippen LogP contribution in [0.25, 0.3) is 10.8 Å². The Morgan fingerprint density at radius 2 is 1.82 bits per heavy atom. The molecule has 0 amide bonds. The second-order valence-electron chi connectivity index (χ2n) is 4.25. The van der Waals surface area contributed by atoms with Crippen molar-refractivity contribution in [2.24, 2.45) is 0 Å². The molecule has 0 aliphatic rings. The van der Waals surface area contributed by atoms with Gasteiger partial charge in [-0.3, -0.25) is 0 Å². The Hall–Kier alpha value is -1.70. The lowest BCUT2D eigenvalue weighted by Gasteiger charge is -2.11. The summed E-state index contributed by atoms with van der Waals surface area (Å²) in [6.45, 7) is 6.71. The molecule has 2 nitrogen and oxygen atoms in total. The Bertz CT molecular complexity index is 544. The van der Waals surface area contributed by atoms with E-state index >= 15 is 0 Å². The van der Waals surface area contributed by atoms with Crippen LogP contribution in [-0.4, -0.2) is 11.7 Å². The predicted molar refractivity (Wildman–Crippen MR) is 70.9 cm³/mol. The fraction of sp³-hybridized carbons (Fsp3) is 0.333. The summed E-state index contributed by atoms with van der Waals surface area (Å²) in [6, 6.07) is 7.87. The standard InChI is InChI=1S/C15H18O2/c1-4-11-8-12(17-5-2)9-14-13(11)6-10(3)7-15(14)16/h6-9,16H,4-5H2,1-3H3. The lowest BCUT2D eigenvalue weighted by atomic mass is 9.99. The summed E-state index contributed by atoms with van der Waals surface area (Å²) in [5.74, 6) is 1.16. The number of hydrogen-bond donors (Lipinski definition) is 1. The smallest absolute Gasteiger partial charge is 0.123 e. The van der Waals surface area contributed by atoms with Crippen molar-refractivity contribution in [3.8, 4) is 11.5 Å². The molecule has 0 radical (unpaired) electrons. The summed E-state index contributed by atoms with van der Waals surface area (Å²) >= 11 is 0. The Kier molecular flexibility index (Phi) is 3.23. The van der Waals surface area contributed by atoms with Gasteiger partial charge in [0.15, 0.2) is 0 Å². The second kappa shape index (κ2) is 4.66. The highest BCUT2D eigenvalue weighted by atomic mass is 16.5. The first-order chi connectivity index (χ1) is 8.15. The van der Waals surface area contributed by atoms with Gasteiger partial charge in [-0.15, -0.1) is 0 Å². The van der Waals surface area contributed by atoms with Crippen molar-refractivity contribution >= 4 is 10.8 Å². The topological polar surface area (TPSA) is 29.5 Å². The molecule has 0 bridgehead atoms. The minimum Gasteiger partial charge on any atom is -0.507 e. The average molecular weight is 230 g/mol. The molecule has 1 N–H and O–H groups in total. The number of aryl methyl sites for hydroxylation is 2. The fourth-order valence-corrected chi connectivity index (χ4v) is 2.17. The van der Waals surface area contributed by atoms with Crippen LogP contribution in [0.4, 0.5) is 0 Å². The summed E-state index contributed by atoms with van der Waals surface area (Å²) in [5, 5.41) is 12.0. The minimum atomic E-state index is 0.330. The van der Waals surface area contributed by atoms with E-state index in [1.807, 2.05) is 19.9 Å². The maximum Gasteiger partial charge on any atom is 0.123 e. The quantitative estimate of drug-likeness (QED) is 0.868. The number of hydrogen-bond acceptors (Lipinski definition) is 2. The monoisotopic (exact) mass is 230 g/mol. The van der Waals surface area contributed by atoms with Crippen LogP contribution in [-0.2, 0) is 6.42 Å². The number of aromatic hydroxyl groups is 1. The third-order valence-corrected chi connectivity index (χ3v) is 2.94. The molecular weight excluding hydrogens is 212 g/mol. The summed E-state index contributed by atoms with van der Waals surface area (Å²) in [7, 11) is 0. The summed E-state index contributed by atoms with van der Waals surface area (Å²) in [6.07, 6.45) is 0.931. The first-order valence-corrected chi connectivity index (χ1v) is 6.04. The average Bonchev–Trinajstić information content (AvgIpc) is 2.29. The van der Waals surface area contributed by atoms with Gasteiger partial charge in [0, 0.05) is 5.39 Å². The van der Waals surface area contributed by atoms with Gasteiger partial charge in [-0.2, -0.15) is 0 Å². The molecule has 90 valence electrons. The van der Waals surface area contributed by atoms with E-state index in [0.29, 0.717) is 12.4 Å². The molecule has 0 saturated carbocycles.